The highest BCUT2D eigenvalue weighted by atomic mass is 16.7. The first-order valence-corrected chi connectivity index (χ1v) is 9.36. The van der Waals surface area contributed by atoms with E-state index in [1.807, 2.05) is 18.2 Å². The lowest BCUT2D eigenvalue weighted by molar-refractivity contribution is -0.236. The van der Waals surface area contributed by atoms with E-state index in [4.69, 9.17) is 20.9 Å². The molecule has 2 aliphatic rings. The monoisotopic (exact) mass is 349 g/mol. The molecule has 4 unspecified atom stereocenters. The van der Waals surface area contributed by atoms with Crippen molar-refractivity contribution in [1.29, 1.82) is 0 Å². The lowest BCUT2D eigenvalue weighted by atomic mass is 9.87. The van der Waals surface area contributed by atoms with Crippen LogP contribution in [0.3, 0.4) is 0 Å². The van der Waals surface area contributed by atoms with Crippen molar-refractivity contribution in [2.45, 2.75) is 75.3 Å². The highest BCUT2D eigenvalue weighted by molar-refractivity contribution is 5.14. The number of ether oxygens (including phenoxy) is 2. The molecule has 0 spiro atoms. The number of nitrogens with two attached hydrogens (primary N) is 2. The van der Waals surface area contributed by atoms with E-state index in [9.17, 15) is 5.11 Å². The van der Waals surface area contributed by atoms with E-state index in [1.165, 1.54) is 5.56 Å². The molecular weight excluding hydrogens is 318 g/mol. The van der Waals surface area contributed by atoms with Crippen molar-refractivity contribution in [3.05, 3.63) is 35.9 Å². The highest BCUT2D eigenvalue weighted by Gasteiger charge is 2.37. The maximum Gasteiger partial charge on any atom is 0.158 e. The van der Waals surface area contributed by atoms with Crippen LogP contribution in [-0.2, 0) is 16.0 Å². The molecular formula is C19H31N3O3. The van der Waals surface area contributed by atoms with Gasteiger partial charge in [-0.05, 0) is 37.7 Å². The molecule has 0 aromatic heterocycles. The fourth-order valence-electron chi connectivity index (χ4n) is 3.76. The molecule has 0 bridgehead atoms. The molecule has 6 N–H and O–H groups in total. The zero-order chi connectivity index (χ0) is 17.6. The van der Waals surface area contributed by atoms with Crippen LogP contribution in [0.25, 0.3) is 0 Å². The van der Waals surface area contributed by atoms with Crippen LogP contribution in [0.1, 0.15) is 37.7 Å². The van der Waals surface area contributed by atoms with Gasteiger partial charge in [-0.2, -0.15) is 0 Å². The molecule has 1 aromatic rings. The van der Waals surface area contributed by atoms with Crippen LogP contribution in [0.2, 0.25) is 0 Å². The number of rotatable bonds is 6. The summed E-state index contributed by atoms with van der Waals surface area (Å²) in [5, 5.41) is 13.7. The van der Waals surface area contributed by atoms with Crippen LogP contribution in [-0.4, -0.2) is 48.3 Å². The molecule has 1 aromatic carbocycles. The third kappa shape index (κ3) is 5.48. The Labute approximate surface area is 149 Å². The van der Waals surface area contributed by atoms with Crippen molar-refractivity contribution in [1.82, 2.24) is 5.32 Å². The first-order chi connectivity index (χ1) is 12.1. The number of aliphatic hydroxyl groups excluding tert-OH is 1. The molecule has 0 amide bonds. The van der Waals surface area contributed by atoms with E-state index < -0.39 is 6.10 Å². The number of hydrogen-bond donors (Lipinski definition) is 4. The van der Waals surface area contributed by atoms with Crippen LogP contribution in [0.4, 0.5) is 0 Å². The van der Waals surface area contributed by atoms with Crippen LogP contribution >= 0.6 is 0 Å². The molecule has 0 radical (unpaired) electrons. The Morgan fingerprint density at radius 1 is 1.16 bits per heavy atom. The van der Waals surface area contributed by atoms with E-state index in [1.54, 1.807) is 0 Å². The minimum Gasteiger partial charge on any atom is -0.390 e. The molecule has 3 rings (SSSR count). The lowest BCUT2D eigenvalue weighted by Crippen LogP contribution is -2.55. The molecule has 6 nitrogen and oxygen atoms in total. The third-order valence-corrected chi connectivity index (χ3v) is 5.08. The summed E-state index contributed by atoms with van der Waals surface area (Å²) in [4.78, 5) is 0. The van der Waals surface area contributed by atoms with Gasteiger partial charge in [0, 0.05) is 25.2 Å². The molecule has 2 fully saturated rings. The summed E-state index contributed by atoms with van der Waals surface area (Å²) in [6, 6.07) is 10.0. The Morgan fingerprint density at radius 3 is 2.72 bits per heavy atom. The minimum absolute atomic E-state index is 0.0490. The Balaban J connectivity index is 1.43. The Kier molecular flexibility index (Phi) is 6.81. The quantitative estimate of drug-likeness (QED) is 0.608. The van der Waals surface area contributed by atoms with Crippen LogP contribution in [0.15, 0.2) is 30.3 Å². The fraction of sp³-hybridized carbons (Fsp3) is 0.684. The van der Waals surface area contributed by atoms with Crippen molar-refractivity contribution in [2.24, 2.45) is 11.5 Å². The average Bonchev–Trinajstić information content (AvgIpc) is 2.59. The lowest BCUT2D eigenvalue weighted by Gasteiger charge is -2.40. The summed E-state index contributed by atoms with van der Waals surface area (Å²) in [5.74, 6) is 0. The zero-order valence-electron chi connectivity index (χ0n) is 14.7. The molecule has 6 heteroatoms. The second-order valence-corrected chi connectivity index (χ2v) is 7.30. The van der Waals surface area contributed by atoms with Crippen LogP contribution in [0.5, 0.6) is 0 Å². The van der Waals surface area contributed by atoms with E-state index in [-0.39, 0.29) is 30.6 Å². The number of aliphatic hydroxyl groups is 1. The van der Waals surface area contributed by atoms with Gasteiger partial charge in [-0.3, -0.25) is 0 Å². The largest absolute Gasteiger partial charge is 0.390 e. The summed E-state index contributed by atoms with van der Waals surface area (Å²) >= 11 is 0. The predicted octanol–water partition coefficient (Wildman–Crippen LogP) is 0.866. The second kappa shape index (κ2) is 9.07. The maximum absolute atomic E-state index is 10.2. The number of hydrogen-bond acceptors (Lipinski definition) is 6. The van der Waals surface area contributed by atoms with Crippen molar-refractivity contribution >= 4 is 0 Å². The summed E-state index contributed by atoms with van der Waals surface area (Å²) in [7, 11) is 0. The first-order valence-electron chi connectivity index (χ1n) is 9.36. The topological polar surface area (TPSA) is 103 Å². The zero-order valence-corrected chi connectivity index (χ0v) is 14.7. The third-order valence-electron chi connectivity index (χ3n) is 5.08. The van der Waals surface area contributed by atoms with E-state index in [0.29, 0.717) is 12.8 Å². The van der Waals surface area contributed by atoms with Crippen molar-refractivity contribution in [3.8, 4) is 0 Å². The van der Waals surface area contributed by atoms with Crippen molar-refractivity contribution < 1.29 is 14.6 Å². The van der Waals surface area contributed by atoms with Crippen LogP contribution < -0.4 is 16.8 Å². The van der Waals surface area contributed by atoms with Gasteiger partial charge in [0.25, 0.3) is 0 Å². The summed E-state index contributed by atoms with van der Waals surface area (Å²) in [6.07, 6.45) is 2.96. The number of benzene rings is 1. The molecule has 140 valence electrons. The molecule has 1 aliphatic heterocycles. The maximum atomic E-state index is 10.2. The highest BCUT2D eigenvalue weighted by Crippen LogP contribution is 2.26. The van der Waals surface area contributed by atoms with Crippen LogP contribution in [0, 0.1) is 0 Å². The average molecular weight is 349 g/mol. The Bertz CT molecular complexity index is 504. The normalized spacial score (nSPS) is 36.3. The SMILES string of the molecule is NC1CC(N)[C@@H](O[C@@H]2CCCC(CNCc3ccccc3)O2)C(O)C1. The number of nitrogens with one attached hydrogen (secondary N) is 1. The Morgan fingerprint density at radius 2 is 1.96 bits per heavy atom. The first kappa shape index (κ1) is 18.8. The van der Waals surface area contributed by atoms with Crippen molar-refractivity contribution in [3.63, 3.8) is 0 Å². The van der Waals surface area contributed by atoms with Gasteiger partial charge in [0.15, 0.2) is 6.29 Å². The summed E-state index contributed by atoms with van der Waals surface area (Å²) < 4.78 is 12.1. The summed E-state index contributed by atoms with van der Waals surface area (Å²) in [5.41, 5.74) is 13.3. The smallest absolute Gasteiger partial charge is 0.158 e. The van der Waals surface area contributed by atoms with Gasteiger partial charge < -0.3 is 31.4 Å². The molecule has 25 heavy (non-hydrogen) atoms. The van der Waals surface area contributed by atoms with E-state index >= 15 is 0 Å². The second-order valence-electron chi connectivity index (χ2n) is 7.30. The Hall–Kier alpha value is -1.02. The minimum atomic E-state index is -0.612. The molecule has 1 heterocycles. The standard InChI is InChI=1S/C19H31N3O3/c20-14-9-16(21)19(17(23)10-14)25-18-8-4-7-15(24-18)12-22-11-13-5-2-1-3-6-13/h1-3,5-6,14-19,22-23H,4,7-12,20-21H2/t14?,15?,16?,17?,18-,19-/m1/s1. The van der Waals surface area contributed by atoms with Crippen molar-refractivity contribution in [2.75, 3.05) is 6.54 Å². The van der Waals surface area contributed by atoms with E-state index in [0.717, 1.165) is 32.4 Å². The molecule has 1 saturated carbocycles. The van der Waals surface area contributed by atoms with Gasteiger partial charge in [-0.1, -0.05) is 30.3 Å². The van der Waals surface area contributed by atoms with Gasteiger partial charge in [0.1, 0.15) is 6.10 Å². The van der Waals surface area contributed by atoms with Gasteiger partial charge >= 0.3 is 0 Å². The van der Waals surface area contributed by atoms with Gasteiger partial charge in [-0.25, -0.2) is 0 Å². The molecule has 1 saturated heterocycles. The van der Waals surface area contributed by atoms with Gasteiger partial charge in [0.2, 0.25) is 0 Å². The van der Waals surface area contributed by atoms with Gasteiger partial charge in [0.05, 0.1) is 12.2 Å². The molecule has 1 aliphatic carbocycles. The fourth-order valence-corrected chi connectivity index (χ4v) is 3.76. The predicted molar refractivity (Wildman–Crippen MR) is 96.7 cm³/mol. The molecule has 6 atom stereocenters. The van der Waals surface area contributed by atoms with E-state index in [2.05, 4.69) is 17.4 Å². The van der Waals surface area contributed by atoms with Gasteiger partial charge in [-0.15, -0.1) is 0 Å². The summed E-state index contributed by atoms with van der Waals surface area (Å²) in [6.45, 7) is 1.62.